The van der Waals surface area contributed by atoms with E-state index in [1.807, 2.05) is 11.3 Å². The molecule has 3 rings (SSSR count). The van der Waals surface area contributed by atoms with Gasteiger partial charge in [-0.15, -0.1) is 11.3 Å². The molecule has 1 fully saturated rings. The van der Waals surface area contributed by atoms with E-state index in [2.05, 4.69) is 28.6 Å². The molecule has 1 saturated carbocycles. The van der Waals surface area contributed by atoms with Gasteiger partial charge in [-0.1, -0.05) is 0 Å². The highest BCUT2D eigenvalue weighted by Gasteiger charge is 2.28. The Morgan fingerprint density at radius 3 is 3.18 bits per heavy atom. The molecule has 1 amide bonds. The van der Waals surface area contributed by atoms with E-state index in [0.29, 0.717) is 18.6 Å². The summed E-state index contributed by atoms with van der Waals surface area (Å²) in [6.07, 6.45) is 3.42. The second-order valence-electron chi connectivity index (χ2n) is 5.04. The van der Waals surface area contributed by atoms with Gasteiger partial charge in [-0.25, -0.2) is 0 Å². The van der Waals surface area contributed by atoms with Crippen LogP contribution in [0.25, 0.3) is 0 Å². The van der Waals surface area contributed by atoms with Crippen molar-refractivity contribution in [2.45, 2.75) is 38.3 Å². The minimum absolute atomic E-state index is 0.193. The third-order valence-corrected chi connectivity index (χ3v) is 4.69. The van der Waals surface area contributed by atoms with E-state index in [4.69, 9.17) is 0 Å². The van der Waals surface area contributed by atoms with Crippen molar-refractivity contribution in [3.05, 3.63) is 21.9 Å². The van der Waals surface area contributed by atoms with Crippen molar-refractivity contribution < 1.29 is 4.79 Å². The van der Waals surface area contributed by atoms with Crippen LogP contribution in [0.1, 0.15) is 36.2 Å². The van der Waals surface area contributed by atoms with Crippen LogP contribution < -0.4 is 5.32 Å². The van der Waals surface area contributed by atoms with E-state index in [9.17, 15) is 4.79 Å². The van der Waals surface area contributed by atoms with Gasteiger partial charge in [0.1, 0.15) is 0 Å². The number of carbonyl (C=O) groups excluding carboxylic acids is 1. The van der Waals surface area contributed by atoms with E-state index >= 15 is 0 Å². The number of rotatable bonds is 3. The largest absolute Gasteiger partial charge is 0.352 e. The van der Waals surface area contributed by atoms with Crippen LogP contribution in [0.2, 0.25) is 0 Å². The minimum atomic E-state index is 0.193. The maximum Gasteiger partial charge on any atom is 0.234 e. The second-order valence-corrected chi connectivity index (χ2v) is 6.04. The molecule has 0 bridgehead atoms. The van der Waals surface area contributed by atoms with Gasteiger partial charge in [0.25, 0.3) is 0 Å². The zero-order chi connectivity index (χ0) is 11.8. The quantitative estimate of drug-likeness (QED) is 0.889. The fraction of sp³-hybridized carbons (Fsp3) is 0.615. The van der Waals surface area contributed by atoms with Gasteiger partial charge >= 0.3 is 0 Å². The molecular formula is C13H18N2OS. The average molecular weight is 250 g/mol. The third-order valence-electron chi connectivity index (χ3n) is 3.69. The summed E-state index contributed by atoms with van der Waals surface area (Å²) < 4.78 is 0. The molecule has 0 aromatic carbocycles. The Morgan fingerprint density at radius 1 is 1.59 bits per heavy atom. The van der Waals surface area contributed by atoms with Crippen LogP contribution >= 0.6 is 11.3 Å². The van der Waals surface area contributed by atoms with Crippen LogP contribution in [0.3, 0.4) is 0 Å². The molecule has 3 nitrogen and oxygen atoms in total. The summed E-state index contributed by atoms with van der Waals surface area (Å²) >= 11 is 1.84. The molecule has 1 aromatic heterocycles. The lowest BCUT2D eigenvalue weighted by atomic mass is 10.0. The molecule has 1 N–H and O–H groups in total. The van der Waals surface area contributed by atoms with Crippen molar-refractivity contribution in [1.82, 2.24) is 10.2 Å². The maximum atomic E-state index is 11.8. The molecule has 1 aromatic rings. The van der Waals surface area contributed by atoms with E-state index in [1.165, 1.54) is 10.4 Å². The summed E-state index contributed by atoms with van der Waals surface area (Å²) in [6, 6.07) is 3.06. The highest BCUT2D eigenvalue weighted by Crippen LogP contribution is 2.32. The normalized spacial score (nSPS) is 24.4. The lowest BCUT2D eigenvalue weighted by Gasteiger charge is -2.32. The van der Waals surface area contributed by atoms with E-state index in [-0.39, 0.29) is 5.91 Å². The van der Waals surface area contributed by atoms with Crippen molar-refractivity contribution in [1.29, 1.82) is 0 Å². The van der Waals surface area contributed by atoms with Gasteiger partial charge in [0, 0.05) is 23.5 Å². The predicted molar refractivity (Wildman–Crippen MR) is 69.2 cm³/mol. The first-order valence-electron chi connectivity index (χ1n) is 6.33. The number of amides is 1. The molecule has 2 heterocycles. The third kappa shape index (κ3) is 2.38. The Morgan fingerprint density at radius 2 is 2.41 bits per heavy atom. The van der Waals surface area contributed by atoms with E-state index in [0.717, 1.165) is 25.8 Å². The molecule has 17 heavy (non-hydrogen) atoms. The fourth-order valence-electron chi connectivity index (χ4n) is 2.46. The number of nitrogens with one attached hydrogen (secondary N) is 1. The van der Waals surface area contributed by atoms with Gasteiger partial charge in [0.15, 0.2) is 0 Å². The highest BCUT2D eigenvalue weighted by atomic mass is 32.1. The van der Waals surface area contributed by atoms with Gasteiger partial charge in [-0.05, 0) is 43.2 Å². The minimum Gasteiger partial charge on any atom is -0.352 e. The Balaban J connectivity index is 1.62. The summed E-state index contributed by atoms with van der Waals surface area (Å²) in [4.78, 5) is 15.6. The monoisotopic (exact) mass is 250 g/mol. The molecule has 4 heteroatoms. The van der Waals surface area contributed by atoms with Crippen molar-refractivity contribution >= 4 is 17.2 Å². The van der Waals surface area contributed by atoms with Crippen molar-refractivity contribution in [2.24, 2.45) is 0 Å². The summed E-state index contributed by atoms with van der Waals surface area (Å²) in [5, 5.41) is 5.22. The van der Waals surface area contributed by atoms with Crippen LogP contribution in [-0.2, 0) is 11.2 Å². The molecule has 1 aliphatic carbocycles. The molecule has 2 aliphatic rings. The van der Waals surface area contributed by atoms with E-state index < -0.39 is 0 Å². The first-order chi connectivity index (χ1) is 8.24. The molecule has 1 aliphatic heterocycles. The Bertz CT molecular complexity index is 425. The average Bonchev–Trinajstić information content (AvgIpc) is 2.97. The molecule has 92 valence electrons. The maximum absolute atomic E-state index is 11.8. The standard InChI is InChI=1S/C13H18N2OS/c1-9-11-5-7-17-12(11)4-6-15(9)8-13(16)14-10-2-3-10/h5,7,9-10H,2-4,6,8H2,1H3,(H,14,16)/t9-/m1/s1. The lowest BCUT2D eigenvalue weighted by molar-refractivity contribution is -0.123. The SMILES string of the molecule is C[C@@H]1c2ccsc2CCN1CC(=O)NC1CC1. The van der Waals surface area contributed by atoms with Crippen LogP contribution in [0.15, 0.2) is 11.4 Å². The molecule has 0 radical (unpaired) electrons. The number of carbonyl (C=O) groups is 1. The van der Waals surface area contributed by atoms with Gasteiger partial charge in [-0.3, -0.25) is 9.69 Å². The molecule has 0 unspecified atom stereocenters. The molecule has 0 spiro atoms. The molecular weight excluding hydrogens is 232 g/mol. The number of hydrogen-bond donors (Lipinski definition) is 1. The van der Waals surface area contributed by atoms with Crippen LogP contribution in [0.4, 0.5) is 0 Å². The van der Waals surface area contributed by atoms with Crippen molar-refractivity contribution in [3.63, 3.8) is 0 Å². The van der Waals surface area contributed by atoms with Crippen LogP contribution in [0.5, 0.6) is 0 Å². The van der Waals surface area contributed by atoms with Gasteiger partial charge < -0.3 is 5.32 Å². The lowest BCUT2D eigenvalue weighted by Crippen LogP contribution is -2.42. The van der Waals surface area contributed by atoms with Crippen LogP contribution in [0, 0.1) is 0 Å². The Labute approximate surface area is 106 Å². The van der Waals surface area contributed by atoms with Crippen molar-refractivity contribution in [2.75, 3.05) is 13.1 Å². The van der Waals surface area contributed by atoms with Gasteiger partial charge in [0.05, 0.1) is 6.54 Å². The summed E-state index contributed by atoms with van der Waals surface area (Å²) in [6.45, 7) is 3.76. The predicted octanol–water partition coefficient (Wildman–Crippen LogP) is 1.95. The Kier molecular flexibility index (Phi) is 2.92. The first-order valence-corrected chi connectivity index (χ1v) is 7.21. The Hall–Kier alpha value is -0.870. The highest BCUT2D eigenvalue weighted by molar-refractivity contribution is 7.10. The molecule has 0 saturated heterocycles. The zero-order valence-electron chi connectivity index (χ0n) is 10.1. The summed E-state index contributed by atoms with van der Waals surface area (Å²) in [7, 11) is 0. The first kappa shape index (κ1) is 11.2. The number of hydrogen-bond acceptors (Lipinski definition) is 3. The number of nitrogens with zero attached hydrogens (tertiary/aromatic N) is 1. The van der Waals surface area contributed by atoms with Gasteiger partial charge in [-0.2, -0.15) is 0 Å². The zero-order valence-corrected chi connectivity index (χ0v) is 10.9. The summed E-state index contributed by atoms with van der Waals surface area (Å²) in [5.74, 6) is 0.193. The topological polar surface area (TPSA) is 32.3 Å². The second kappa shape index (κ2) is 4.42. The van der Waals surface area contributed by atoms with Crippen molar-refractivity contribution in [3.8, 4) is 0 Å². The number of thiophene rings is 1. The smallest absolute Gasteiger partial charge is 0.234 e. The fourth-order valence-corrected chi connectivity index (χ4v) is 3.43. The summed E-state index contributed by atoms with van der Waals surface area (Å²) in [5.41, 5.74) is 1.42. The van der Waals surface area contributed by atoms with Crippen LogP contribution in [-0.4, -0.2) is 29.9 Å². The molecule has 1 atom stereocenters. The van der Waals surface area contributed by atoms with E-state index in [1.54, 1.807) is 0 Å². The van der Waals surface area contributed by atoms with Gasteiger partial charge in [0.2, 0.25) is 5.91 Å². The number of fused-ring (bicyclic) bond motifs is 1.